The number of alkyl halides is 3. The summed E-state index contributed by atoms with van der Waals surface area (Å²) in [5.74, 6) is -0.887. The molecule has 6 heteroatoms. The molecule has 0 aliphatic carbocycles. The van der Waals surface area contributed by atoms with Gasteiger partial charge in [-0.1, -0.05) is 0 Å². The van der Waals surface area contributed by atoms with Crippen LogP contribution in [0.5, 0.6) is 0 Å². The van der Waals surface area contributed by atoms with E-state index < -0.39 is 18.4 Å². The molecule has 78 valence electrons. The standard InChI is InChI=1S/C8H6BrF3OS/c1-4-2-5(9)7(14-4)6(13)3-8(10,11)12/h2H,3H2,1H3. The van der Waals surface area contributed by atoms with Gasteiger partial charge in [0.2, 0.25) is 0 Å². The average molecular weight is 287 g/mol. The Labute approximate surface area is 91.1 Å². The lowest BCUT2D eigenvalue weighted by molar-refractivity contribution is -0.125. The smallest absolute Gasteiger partial charge is 0.293 e. The fourth-order valence-corrected chi connectivity index (χ4v) is 2.74. The van der Waals surface area contributed by atoms with Crippen molar-refractivity contribution in [3.63, 3.8) is 0 Å². The van der Waals surface area contributed by atoms with Crippen LogP contribution in [0.25, 0.3) is 0 Å². The van der Waals surface area contributed by atoms with Gasteiger partial charge in [-0.15, -0.1) is 11.3 Å². The number of ketones is 1. The van der Waals surface area contributed by atoms with Gasteiger partial charge in [0.1, 0.15) is 6.42 Å². The van der Waals surface area contributed by atoms with Gasteiger partial charge in [-0.05, 0) is 28.9 Å². The summed E-state index contributed by atoms with van der Waals surface area (Å²) in [6.07, 6.45) is -5.83. The van der Waals surface area contributed by atoms with Crippen molar-refractivity contribution in [2.24, 2.45) is 0 Å². The fraction of sp³-hybridized carbons (Fsp3) is 0.375. The maximum absolute atomic E-state index is 11.9. The van der Waals surface area contributed by atoms with Gasteiger partial charge in [0, 0.05) is 9.35 Å². The third-order valence-corrected chi connectivity index (χ3v) is 3.40. The summed E-state index contributed by atoms with van der Waals surface area (Å²) in [6, 6.07) is 1.63. The van der Waals surface area contributed by atoms with Gasteiger partial charge < -0.3 is 0 Å². The third-order valence-electron chi connectivity index (χ3n) is 1.42. The van der Waals surface area contributed by atoms with E-state index in [1.165, 1.54) is 0 Å². The molecule has 1 aromatic rings. The molecule has 0 fully saturated rings. The summed E-state index contributed by atoms with van der Waals surface area (Å²) in [5.41, 5.74) is 0. The molecule has 1 heterocycles. The second-order valence-electron chi connectivity index (χ2n) is 2.75. The van der Waals surface area contributed by atoms with Gasteiger partial charge in [-0.3, -0.25) is 4.79 Å². The molecular weight excluding hydrogens is 281 g/mol. The van der Waals surface area contributed by atoms with Crippen LogP contribution in [0.3, 0.4) is 0 Å². The van der Waals surface area contributed by atoms with Crippen LogP contribution in [0.2, 0.25) is 0 Å². The predicted molar refractivity (Wildman–Crippen MR) is 51.8 cm³/mol. The first-order valence-corrected chi connectivity index (χ1v) is 5.26. The van der Waals surface area contributed by atoms with E-state index in [9.17, 15) is 18.0 Å². The Morgan fingerprint density at radius 2 is 2.14 bits per heavy atom. The van der Waals surface area contributed by atoms with E-state index >= 15 is 0 Å². The Morgan fingerprint density at radius 1 is 1.57 bits per heavy atom. The molecule has 0 N–H and O–H groups in total. The van der Waals surface area contributed by atoms with Crippen molar-refractivity contribution < 1.29 is 18.0 Å². The average Bonchev–Trinajstić information content (AvgIpc) is 2.26. The number of hydrogen-bond donors (Lipinski definition) is 0. The second kappa shape index (κ2) is 4.02. The minimum Gasteiger partial charge on any atom is -0.293 e. The van der Waals surface area contributed by atoms with Crippen LogP contribution in [0.15, 0.2) is 10.5 Å². The van der Waals surface area contributed by atoms with Gasteiger partial charge >= 0.3 is 6.18 Å². The van der Waals surface area contributed by atoms with Gasteiger partial charge in [0.05, 0.1) is 4.88 Å². The molecule has 14 heavy (non-hydrogen) atoms. The molecule has 0 saturated carbocycles. The van der Waals surface area contributed by atoms with Crippen molar-refractivity contribution in [3.8, 4) is 0 Å². The van der Waals surface area contributed by atoms with E-state index in [1.807, 2.05) is 0 Å². The van der Waals surface area contributed by atoms with Crippen molar-refractivity contribution in [2.45, 2.75) is 19.5 Å². The van der Waals surface area contributed by atoms with Crippen LogP contribution >= 0.6 is 27.3 Å². The van der Waals surface area contributed by atoms with Crippen molar-refractivity contribution >= 4 is 33.0 Å². The van der Waals surface area contributed by atoms with E-state index in [2.05, 4.69) is 15.9 Å². The zero-order valence-electron chi connectivity index (χ0n) is 7.11. The highest BCUT2D eigenvalue weighted by atomic mass is 79.9. The zero-order chi connectivity index (χ0) is 10.9. The van der Waals surface area contributed by atoms with Crippen molar-refractivity contribution in [1.29, 1.82) is 0 Å². The van der Waals surface area contributed by atoms with Crippen LogP contribution in [-0.4, -0.2) is 12.0 Å². The molecule has 0 radical (unpaired) electrons. The van der Waals surface area contributed by atoms with Crippen molar-refractivity contribution in [3.05, 3.63) is 20.3 Å². The van der Waals surface area contributed by atoms with Crippen LogP contribution in [0.4, 0.5) is 13.2 Å². The minimum atomic E-state index is -4.44. The molecular formula is C8H6BrF3OS. The summed E-state index contributed by atoms with van der Waals surface area (Å²) in [6.45, 7) is 1.74. The number of thiophene rings is 1. The summed E-state index contributed by atoms with van der Waals surface area (Å²) < 4.78 is 36.1. The number of carbonyl (C=O) groups is 1. The highest BCUT2D eigenvalue weighted by molar-refractivity contribution is 9.10. The van der Waals surface area contributed by atoms with Crippen LogP contribution in [0, 0.1) is 6.92 Å². The van der Waals surface area contributed by atoms with E-state index in [-0.39, 0.29) is 4.88 Å². The SMILES string of the molecule is Cc1cc(Br)c(C(=O)CC(F)(F)F)s1. The number of Topliss-reactive ketones (excluding diaryl/α,β-unsaturated/α-hetero) is 1. The van der Waals surface area contributed by atoms with Gasteiger partial charge in [0.15, 0.2) is 5.78 Å². The van der Waals surface area contributed by atoms with E-state index in [0.717, 1.165) is 16.2 Å². The molecule has 1 nitrogen and oxygen atoms in total. The molecule has 1 rings (SSSR count). The molecule has 0 atom stereocenters. The Kier molecular flexibility index (Phi) is 3.36. The van der Waals surface area contributed by atoms with Crippen molar-refractivity contribution in [1.82, 2.24) is 0 Å². The Morgan fingerprint density at radius 3 is 2.50 bits per heavy atom. The first-order chi connectivity index (χ1) is 6.29. The summed E-state index contributed by atoms with van der Waals surface area (Å²) >= 11 is 4.11. The Hall–Kier alpha value is -0.360. The largest absolute Gasteiger partial charge is 0.396 e. The Bertz CT molecular complexity index is 356. The van der Waals surface area contributed by atoms with Crippen LogP contribution in [-0.2, 0) is 0 Å². The van der Waals surface area contributed by atoms with Gasteiger partial charge in [-0.2, -0.15) is 13.2 Å². The molecule has 1 aromatic heterocycles. The number of carbonyl (C=O) groups excluding carboxylic acids is 1. The molecule has 0 aliphatic heterocycles. The summed E-state index contributed by atoms with van der Waals surface area (Å²) in [7, 11) is 0. The van der Waals surface area contributed by atoms with E-state index in [4.69, 9.17) is 0 Å². The molecule has 0 amide bonds. The number of halogens is 4. The summed E-state index contributed by atoms with van der Waals surface area (Å²) in [4.78, 5) is 12.1. The monoisotopic (exact) mass is 286 g/mol. The molecule has 0 saturated heterocycles. The lowest BCUT2D eigenvalue weighted by Gasteiger charge is -2.03. The van der Waals surface area contributed by atoms with E-state index in [0.29, 0.717) is 4.47 Å². The Balaban J connectivity index is 2.85. The minimum absolute atomic E-state index is 0.139. The normalized spacial score (nSPS) is 11.8. The van der Waals surface area contributed by atoms with Gasteiger partial charge in [-0.25, -0.2) is 0 Å². The highest BCUT2D eigenvalue weighted by Crippen LogP contribution is 2.31. The number of hydrogen-bond acceptors (Lipinski definition) is 2. The summed E-state index contributed by atoms with van der Waals surface area (Å²) in [5, 5.41) is 0. The lowest BCUT2D eigenvalue weighted by atomic mass is 10.2. The number of rotatable bonds is 2. The van der Waals surface area contributed by atoms with Gasteiger partial charge in [0.25, 0.3) is 0 Å². The van der Waals surface area contributed by atoms with Crippen molar-refractivity contribution in [2.75, 3.05) is 0 Å². The maximum atomic E-state index is 11.9. The quantitative estimate of drug-likeness (QED) is 0.753. The number of aryl methyl sites for hydroxylation is 1. The third kappa shape index (κ3) is 3.09. The molecule has 0 bridgehead atoms. The first-order valence-electron chi connectivity index (χ1n) is 3.65. The predicted octanol–water partition coefficient (Wildman–Crippen LogP) is 3.95. The first kappa shape index (κ1) is 11.7. The lowest BCUT2D eigenvalue weighted by Crippen LogP contribution is -2.14. The highest BCUT2D eigenvalue weighted by Gasteiger charge is 2.32. The maximum Gasteiger partial charge on any atom is 0.396 e. The topological polar surface area (TPSA) is 17.1 Å². The molecule has 0 unspecified atom stereocenters. The molecule has 0 aliphatic rings. The van der Waals surface area contributed by atoms with Crippen LogP contribution < -0.4 is 0 Å². The second-order valence-corrected chi connectivity index (χ2v) is 4.86. The zero-order valence-corrected chi connectivity index (χ0v) is 9.52. The van der Waals surface area contributed by atoms with Crippen LogP contribution in [0.1, 0.15) is 21.0 Å². The fourth-order valence-electron chi connectivity index (χ4n) is 0.936. The molecule has 0 spiro atoms. The molecule has 0 aromatic carbocycles. The van der Waals surface area contributed by atoms with E-state index in [1.54, 1.807) is 13.0 Å².